The molecule has 3 heteroatoms. The molecule has 96 valence electrons. The molecular formula is C13H28N2O. The van der Waals surface area contributed by atoms with Crippen molar-refractivity contribution in [1.82, 2.24) is 10.2 Å². The highest BCUT2D eigenvalue weighted by Gasteiger charge is 2.23. The maximum absolute atomic E-state index is 5.72. The second-order valence-electron chi connectivity index (χ2n) is 4.89. The van der Waals surface area contributed by atoms with Crippen LogP contribution in [0.2, 0.25) is 0 Å². The van der Waals surface area contributed by atoms with Gasteiger partial charge in [-0.05, 0) is 20.4 Å². The van der Waals surface area contributed by atoms with Gasteiger partial charge in [-0.25, -0.2) is 0 Å². The molecule has 1 aliphatic rings. The number of unbranched alkanes of at least 4 members (excludes halogenated alkanes) is 2. The Hall–Kier alpha value is -0.120. The summed E-state index contributed by atoms with van der Waals surface area (Å²) in [7, 11) is 1.99. The van der Waals surface area contributed by atoms with E-state index in [1.807, 2.05) is 7.05 Å². The Labute approximate surface area is 101 Å². The molecule has 0 spiro atoms. The van der Waals surface area contributed by atoms with Gasteiger partial charge in [0, 0.05) is 25.7 Å². The summed E-state index contributed by atoms with van der Waals surface area (Å²) in [4.78, 5) is 2.58. The van der Waals surface area contributed by atoms with E-state index in [4.69, 9.17) is 4.74 Å². The van der Waals surface area contributed by atoms with Crippen molar-refractivity contribution in [2.75, 3.05) is 33.3 Å². The Morgan fingerprint density at radius 2 is 2.25 bits per heavy atom. The molecule has 0 saturated carbocycles. The fraction of sp³-hybridized carbons (Fsp3) is 1.00. The van der Waals surface area contributed by atoms with Gasteiger partial charge in [-0.15, -0.1) is 0 Å². The van der Waals surface area contributed by atoms with Crippen LogP contribution in [0.1, 0.15) is 39.5 Å². The molecule has 0 bridgehead atoms. The van der Waals surface area contributed by atoms with Crippen LogP contribution in [-0.2, 0) is 4.74 Å². The van der Waals surface area contributed by atoms with E-state index in [1.165, 1.54) is 25.7 Å². The van der Waals surface area contributed by atoms with Crippen LogP contribution in [-0.4, -0.2) is 50.3 Å². The quantitative estimate of drug-likeness (QED) is 0.673. The first-order chi connectivity index (χ1) is 7.77. The number of nitrogens with one attached hydrogen (secondary N) is 1. The molecule has 1 aliphatic heterocycles. The fourth-order valence-corrected chi connectivity index (χ4v) is 2.37. The summed E-state index contributed by atoms with van der Waals surface area (Å²) in [6.07, 6.45) is 5.77. The summed E-state index contributed by atoms with van der Waals surface area (Å²) in [6, 6.07) is 0.717. The SMILES string of the molecule is CCCCCC(C)N1CCOC(CNC)C1. The molecule has 0 radical (unpaired) electrons. The lowest BCUT2D eigenvalue weighted by atomic mass is 10.1. The Morgan fingerprint density at radius 1 is 1.44 bits per heavy atom. The van der Waals surface area contributed by atoms with Crippen molar-refractivity contribution in [1.29, 1.82) is 0 Å². The lowest BCUT2D eigenvalue weighted by molar-refractivity contribution is -0.0400. The molecule has 3 nitrogen and oxygen atoms in total. The van der Waals surface area contributed by atoms with Crippen LogP contribution in [0.3, 0.4) is 0 Å². The largest absolute Gasteiger partial charge is 0.374 e. The second-order valence-corrected chi connectivity index (χ2v) is 4.89. The lowest BCUT2D eigenvalue weighted by Crippen LogP contribution is -2.49. The predicted molar refractivity (Wildman–Crippen MR) is 68.8 cm³/mol. The van der Waals surface area contributed by atoms with Crippen molar-refractivity contribution in [3.63, 3.8) is 0 Å². The van der Waals surface area contributed by atoms with Gasteiger partial charge in [0.1, 0.15) is 0 Å². The zero-order valence-electron chi connectivity index (χ0n) is 11.2. The molecule has 2 atom stereocenters. The third kappa shape index (κ3) is 4.81. The van der Waals surface area contributed by atoms with E-state index in [2.05, 4.69) is 24.1 Å². The molecular weight excluding hydrogens is 200 g/mol. The third-order valence-electron chi connectivity index (χ3n) is 3.45. The molecule has 1 rings (SSSR count). The number of rotatable bonds is 7. The second kappa shape index (κ2) is 8.04. The van der Waals surface area contributed by atoms with E-state index in [1.54, 1.807) is 0 Å². The van der Waals surface area contributed by atoms with Gasteiger partial charge in [-0.3, -0.25) is 4.90 Å². The van der Waals surface area contributed by atoms with Gasteiger partial charge < -0.3 is 10.1 Å². The first-order valence-corrected chi connectivity index (χ1v) is 6.78. The van der Waals surface area contributed by atoms with E-state index in [0.29, 0.717) is 6.10 Å². The van der Waals surface area contributed by atoms with Crippen LogP contribution >= 0.6 is 0 Å². The van der Waals surface area contributed by atoms with E-state index in [-0.39, 0.29) is 0 Å². The maximum atomic E-state index is 5.72. The average molecular weight is 228 g/mol. The number of morpholine rings is 1. The molecule has 16 heavy (non-hydrogen) atoms. The third-order valence-corrected chi connectivity index (χ3v) is 3.45. The van der Waals surface area contributed by atoms with E-state index < -0.39 is 0 Å². The minimum Gasteiger partial charge on any atom is -0.374 e. The highest BCUT2D eigenvalue weighted by Crippen LogP contribution is 2.13. The Morgan fingerprint density at radius 3 is 2.94 bits per heavy atom. The highest BCUT2D eigenvalue weighted by atomic mass is 16.5. The molecule has 2 unspecified atom stereocenters. The standard InChI is InChI=1S/C13H28N2O/c1-4-5-6-7-12(2)15-8-9-16-13(11-15)10-14-3/h12-14H,4-11H2,1-3H3. The predicted octanol–water partition coefficient (Wildman–Crippen LogP) is 1.88. The zero-order chi connectivity index (χ0) is 11.8. The molecule has 1 N–H and O–H groups in total. The molecule has 0 amide bonds. The summed E-state index contributed by atoms with van der Waals surface area (Å²) in [5, 5.41) is 3.20. The van der Waals surface area contributed by atoms with Crippen LogP contribution in [0, 0.1) is 0 Å². The minimum absolute atomic E-state index is 0.382. The number of hydrogen-bond donors (Lipinski definition) is 1. The van der Waals surface area contributed by atoms with Gasteiger partial charge in [0.25, 0.3) is 0 Å². The number of nitrogens with zero attached hydrogens (tertiary/aromatic N) is 1. The van der Waals surface area contributed by atoms with Gasteiger partial charge in [0.2, 0.25) is 0 Å². The molecule has 0 aliphatic carbocycles. The van der Waals surface area contributed by atoms with Crippen molar-refractivity contribution >= 4 is 0 Å². The van der Waals surface area contributed by atoms with Gasteiger partial charge >= 0.3 is 0 Å². The molecule has 1 fully saturated rings. The fourth-order valence-electron chi connectivity index (χ4n) is 2.37. The maximum Gasteiger partial charge on any atom is 0.0826 e. The van der Waals surface area contributed by atoms with E-state index >= 15 is 0 Å². The van der Waals surface area contributed by atoms with Gasteiger partial charge in [-0.1, -0.05) is 26.2 Å². The summed E-state index contributed by atoms with van der Waals surface area (Å²) in [6.45, 7) is 8.68. The molecule has 1 saturated heterocycles. The van der Waals surface area contributed by atoms with Crippen molar-refractivity contribution in [3.8, 4) is 0 Å². The highest BCUT2D eigenvalue weighted by molar-refractivity contribution is 4.76. The van der Waals surface area contributed by atoms with Gasteiger partial charge in [-0.2, -0.15) is 0 Å². The Kier molecular flexibility index (Phi) is 7.01. The van der Waals surface area contributed by atoms with Crippen molar-refractivity contribution in [3.05, 3.63) is 0 Å². The van der Waals surface area contributed by atoms with Crippen LogP contribution < -0.4 is 5.32 Å². The topological polar surface area (TPSA) is 24.5 Å². The monoisotopic (exact) mass is 228 g/mol. The molecule has 0 aromatic heterocycles. The first kappa shape index (κ1) is 13.9. The van der Waals surface area contributed by atoms with Crippen LogP contribution in [0.25, 0.3) is 0 Å². The molecule has 0 aromatic rings. The van der Waals surface area contributed by atoms with Crippen molar-refractivity contribution in [2.24, 2.45) is 0 Å². The first-order valence-electron chi connectivity index (χ1n) is 6.78. The Bertz CT molecular complexity index is 173. The average Bonchev–Trinajstić information content (AvgIpc) is 2.30. The lowest BCUT2D eigenvalue weighted by Gasteiger charge is -2.37. The number of ether oxygens (including phenoxy) is 1. The smallest absolute Gasteiger partial charge is 0.0826 e. The Balaban J connectivity index is 2.23. The summed E-state index contributed by atoms with van der Waals surface area (Å²) >= 11 is 0. The summed E-state index contributed by atoms with van der Waals surface area (Å²) < 4.78 is 5.72. The number of likely N-dealkylation sites (N-methyl/N-ethyl adjacent to an activating group) is 1. The van der Waals surface area contributed by atoms with Crippen molar-refractivity contribution in [2.45, 2.75) is 51.7 Å². The van der Waals surface area contributed by atoms with Crippen LogP contribution in [0.15, 0.2) is 0 Å². The number of hydrogen-bond acceptors (Lipinski definition) is 3. The summed E-state index contributed by atoms with van der Waals surface area (Å²) in [5.74, 6) is 0. The van der Waals surface area contributed by atoms with Gasteiger partial charge in [0.05, 0.1) is 12.7 Å². The van der Waals surface area contributed by atoms with Crippen LogP contribution in [0.5, 0.6) is 0 Å². The molecule has 1 heterocycles. The van der Waals surface area contributed by atoms with Crippen LogP contribution in [0.4, 0.5) is 0 Å². The zero-order valence-corrected chi connectivity index (χ0v) is 11.2. The minimum atomic E-state index is 0.382. The van der Waals surface area contributed by atoms with Gasteiger partial charge in [0.15, 0.2) is 0 Å². The molecule has 0 aromatic carbocycles. The summed E-state index contributed by atoms with van der Waals surface area (Å²) in [5.41, 5.74) is 0. The normalized spacial score (nSPS) is 24.6. The van der Waals surface area contributed by atoms with E-state index in [0.717, 1.165) is 32.3 Å². The van der Waals surface area contributed by atoms with E-state index in [9.17, 15) is 0 Å². The van der Waals surface area contributed by atoms with Crippen molar-refractivity contribution < 1.29 is 4.74 Å².